The molecule has 0 aliphatic rings. The molecule has 3 nitrogen and oxygen atoms in total. The van der Waals surface area contributed by atoms with Crippen LogP contribution in [0.2, 0.25) is 0 Å². The lowest BCUT2D eigenvalue weighted by Crippen LogP contribution is -2.30. The van der Waals surface area contributed by atoms with Crippen molar-refractivity contribution in [3.05, 3.63) is 65.7 Å². The lowest BCUT2D eigenvalue weighted by Gasteiger charge is -2.17. The molecule has 104 valence electrons. The Hall–Kier alpha value is -2.23. The zero-order chi connectivity index (χ0) is 14.4. The van der Waals surface area contributed by atoms with Gasteiger partial charge in [0.05, 0.1) is 6.42 Å². The summed E-state index contributed by atoms with van der Waals surface area (Å²) in [6, 6.07) is 10.0. The average Bonchev–Trinajstić information content (AvgIpc) is 2.46. The first-order valence-corrected chi connectivity index (χ1v) is 6.52. The van der Waals surface area contributed by atoms with Gasteiger partial charge in [-0.05, 0) is 41.8 Å². The van der Waals surface area contributed by atoms with Crippen molar-refractivity contribution in [2.75, 3.05) is 13.6 Å². The number of hydrogen-bond acceptors (Lipinski definition) is 2. The fourth-order valence-corrected chi connectivity index (χ4v) is 1.93. The van der Waals surface area contributed by atoms with Gasteiger partial charge in [-0.15, -0.1) is 0 Å². The molecule has 0 aliphatic carbocycles. The van der Waals surface area contributed by atoms with Gasteiger partial charge in [0, 0.05) is 26.0 Å². The lowest BCUT2D eigenvalue weighted by molar-refractivity contribution is -0.129. The van der Waals surface area contributed by atoms with E-state index in [2.05, 4.69) is 4.98 Å². The first kappa shape index (κ1) is 14.2. The first-order chi connectivity index (χ1) is 9.65. The van der Waals surface area contributed by atoms with Gasteiger partial charge in [0.2, 0.25) is 5.91 Å². The average molecular weight is 272 g/mol. The van der Waals surface area contributed by atoms with Gasteiger partial charge in [-0.25, -0.2) is 4.39 Å². The van der Waals surface area contributed by atoms with Gasteiger partial charge in [0.15, 0.2) is 0 Å². The van der Waals surface area contributed by atoms with Crippen LogP contribution in [-0.4, -0.2) is 29.4 Å². The van der Waals surface area contributed by atoms with Crippen molar-refractivity contribution in [3.63, 3.8) is 0 Å². The monoisotopic (exact) mass is 272 g/mol. The highest BCUT2D eigenvalue weighted by Crippen LogP contribution is 2.06. The third-order valence-electron chi connectivity index (χ3n) is 3.16. The summed E-state index contributed by atoms with van der Waals surface area (Å²) in [5, 5.41) is 0. The van der Waals surface area contributed by atoms with Crippen molar-refractivity contribution in [1.82, 2.24) is 9.88 Å². The van der Waals surface area contributed by atoms with Crippen LogP contribution in [0.15, 0.2) is 48.8 Å². The Kier molecular flexibility index (Phi) is 4.82. The maximum atomic E-state index is 13.1. The molecule has 1 aromatic carbocycles. The summed E-state index contributed by atoms with van der Waals surface area (Å²) >= 11 is 0. The molecule has 0 bridgehead atoms. The van der Waals surface area contributed by atoms with Crippen LogP contribution in [0, 0.1) is 5.82 Å². The lowest BCUT2D eigenvalue weighted by atomic mass is 10.1. The number of hydrogen-bond donors (Lipinski definition) is 0. The smallest absolute Gasteiger partial charge is 0.226 e. The van der Waals surface area contributed by atoms with E-state index in [9.17, 15) is 9.18 Å². The molecule has 1 heterocycles. The van der Waals surface area contributed by atoms with Crippen LogP contribution >= 0.6 is 0 Å². The second kappa shape index (κ2) is 6.80. The van der Waals surface area contributed by atoms with E-state index < -0.39 is 0 Å². The Morgan fingerprint density at radius 1 is 1.20 bits per heavy atom. The molecule has 0 unspecified atom stereocenters. The van der Waals surface area contributed by atoms with Crippen molar-refractivity contribution >= 4 is 5.91 Å². The second-order valence-electron chi connectivity index (χ2n) is 4.73. The summed E-state index contributed by atoms with van der Waals surface area (Å²) in [6.07, 6.45) is 4.49. The van der Waals surface area contributed by atoms with Gasteiger partial charge in [0.25, 0.3) is 0 Å². The number of carbonyl (C=O) groups is 1. The highest BCUT2D eigenvalue weighted by Gasteiger charge is 2.10. The van der Waals surface area contributed by atoms with Crippen LogP contribution in [-0.2, 0) is 17.6 Å². The van der Waals surface area contributed by atoms with Gasteiger partial charge in [-0.2, -0.15) is 0 Å². The number of amides is 1. The van der Waals surface area contributed by atoms with Crippen molar-refractivity contribution in [2.45, 2.75) is 12.8 Å². The summed E-state index contributed by atoms with van der Waals surface area (Å²) in [4.78, 5) is 17.7. The van der Waals surface area contributed by atoms with E-state index in [4.69, 9.17) is 0 Å². The summed E-state index contributed by atoms with van der Waals surface area (Å²) in [6.45, 7) is 0.637. The molecule has 0 atom stereocenters. The van der Waals surface area contributed by atoms with E-state index in [0.29, 0.717) is 12.1 Å². The molecule has 0 saturated carbocycles. The second-order valence-corrected chi connectivity index (χ2v) is 4.73. The molecule has 20 heavy (non-hydrogen) atoms. The number of benzene rings is 1. The van der Waals surface area contributed by atoms with Gasteiger partial charge in [-0.1, -0.05) is 12.1 Å². The van der Waals surface area contributed by atoms with E-state index in [-0.39, 0.29) is 18.1 Å². The molecule has 2 aromatic rings. The van der Waals surface area contributed by atoms with E-state index >= 15 is 0 Å². The minimum atomic E-state index is -0.310. The van der Waals surface area contributed by atoms with E-state index in [1.54, 1.807) is 36.5 Å². The fraction of sp³-hybridized carbons (Fsp3) is 0.250. The summed E-state index contributed by atoms with van der Waals surface area (Å²) in [5.41, 5.74) is 1.84. The zero-order valence-electron chi connectivity index (χ0n) is 11.4. The topological polar surface area (TPSA) is 33.2 Å². The SMILES string of the molecule is CN(CCc1ccncc1)C(=O)Cc1cccc(F)c1. The maximum absolute atomic E-state index is 13.1. The maximum Gasteiger partial charge on any atom is 0.226 e. The molecule has 2 rings (SSSR count). The Morgan fingerprint density at radius 3 is 2.65 bits per heavy atom. The van der Waals surface area contributed by atoms with E-state index in [1.165, 1.54) is 12.1 Å². The number of carbonyl (C=O) groups excluding carboxylic acids is 1. The van der Waals surface area contributed by atoms with Gasteiger partial charge < -0.3 is 4.90 Å². The standard InChI is InChI=1S/C16H17FN2O/c1-19(10-7-13-5-8-18-9-6-13)16(20)12-14-3-2-4-15(17)11-14/h2-6,8-9,11H,7,10,12H2,1H3. The number of pyridine rings is 1. The molecular formula is C16H17FN2O. The van der Waals surface area contributed by atoms with Gasteiger partial charge in [0.1, 0.15) is 5.82 Å². The zero-order valence-corrected chi connectivity index (χ0v) is 11.4. The third kappa shape index (κ3) is 4.16. The van der Waals surface area contributed by atoms with Crippen LogP contribution in [0.25, 0.3) is 0 Å². The Morgan fingerprint density at radius 2 is 1.95 bits per heavy atom. The Balaban J connectivity index is 1.86. The molecule has 0 fully saturated rings. The van der Waals surface area contributed by atoms with Crippen LogP contribution in [0.5, 0.6) is 0 Å². The number of halogens is 1. The largest absolute Gasteiger partial charge is 0.345 e. The number of nitrogens with zero attached hydrogens (tertiary/aromatic N) is 2. The van der Waals surface area contributed by atoms with Crippen molar-refractivity contribution < 1.29 is 9.18 Å². The van der Waals surface area contributed by atoms with Crippen molar-refractivity contribution in [1.29, 1.82) is 0 Å². The van der Waals surface area contributed by atoms with Crippen LogP contribution in [0.4, 0.5) is 4.39 Å². The van der Waals surface area contributed by atoms with Gasteiger partial charge >= 0.3 is 0 Å². The van der Waals surface area contributed by atoms with Crippen LogP contribution in [0.3, 0.4) is 0 Å². The molecular weight excluding hydrogens is 255 g/mol. The van der Waals surface area contributed by atoms with E-state index in [0.717, 1.165) is 12.0 Å². The molecule has 4 heteroatoms. The summed E-state index contributed by atoms with van der Waals surface area (Å²) in [5.74, 6) is -0.320. The minimum absolute atomic E-state index is 0.00958. The molecule has 1 amide bonds. The predicted octanol–water partition coefficient (Wildman–Crippen LogP) is 2.46. The molecule has 0 saturated heterocycles. The predicted molar refractivity (Wildman–Crippen MR) is 75.7 cm³/mol. The normalized spacial score (nSPS) is 10.3. The minimum Gasteiger partial charge on any atom is -0.345 e. The summed E-state index contributed by atoms with van der Waals surface area (Å²) < 4.78 is 13.1. The fourth-order valence-electron chi connectivity index (χ4n) is 1.93. The van der Waals surface area contributed by atoms with Gasteiger partial charge in [-0.3, -0.25) is 9.78 Å². The van der Waals surface area contributed by atoms with Crippen molar-refractivity contribution in [2.24, 2.45) is 0 Å². The highest BCUT2D eigenvalue weighted by molar-refractivity contribution is 5.78. The van der Waals surface area contributed by atoms with Crippen LogP contribution in [0.1, 0.15) is 11.1 Å². The number of aromatic nitrogens is 1. The van der Waals surface area contributed by atoms with Crippen molar-refractivity contribution in [3.8, 4) is 0 Å². The Bertz CT molecular complexity index is 572. The summed E-state index contributed by atoms with van der Waals surface area (Å²) in [7, 11) is 1.77. The van der Waals surface area contributed by atoms with E-state index in [1.807, 2.05) is 12.1 Å². The molecule has 0 aliphatic heterocycles. The highest BCUT2D eigenvalue weighted by atomic mass is 19.1. The number of likely N-dealkylation sites (N-methyl/N-ethyl adjacent to an activating group) is 1. The molecule has 0 radical (unpaired) electrons. The molecule has 0 N–H and O–H groups in total. The third-order valence-corrected chi connectivity index (χ3v) is 3.16. The number of rotatable bonds is 5. The first-order valence-electron chi connectivity index (χ1n) is 6.52. The molecule has 0 spiro atoms. The Labute approximate surface area is 118 Å². The van der Waals surface area contributed by atoms with Crippen LogP contribution < -0.4 is 0 Å². The quantitative estimate of drug-likeness (QED) is 0.837. The molecule has 1 aromatic heterocycles.